The highest BCUT2D eigenvalue weighted by atomic mass is 32.2. The normalized spacial score (nSPS) is 18.1. The lowest BCUT2D eigenvalue weighted by Gasteiger charge is -2.41. The van der Waals surface area contributed by atoms with Gasteiger partial charge in [-0.1, -0.05) is 37.3 Å². The topological polar surface area (TPSA) is 118 Å². The van der Waals surface area contributed by atoms with Crippen LogP contribution < -0.4 is 14.2 Å². The Morgan fingerprint density at radius 2 is 1.85 bits per heavy atom. The zero-order valence-corrected chi connectivity index (χ0v) is 23.7. The van der Waals surface area contributed by atoms with Gasteiger partial charge in [0.1, 0.15) is 17.5 Å². The van der Waals surface area contributed by atoms with E-state index in [1.54, 1.807) is 44.1 Å². The second-order valence-electron chi connectivity index (χ2n) is 10.00. The fourth-order valence-corrected chi connectivity index (χ4v) is 5.81. The number of methoxy groups -OCH3 is 1. The van der Waals surface area contributed by atoms with Crippen LogP contribution in [0.25, 0.3) is 0 Å². The molecular weight excluding hydrogens is 518 g/mol. The Balaban J connectivity index is 1.68. The number of hydrogen-bond donors (Lipinski definition) is 2. The predicted molar refractivity (Wildman–Crippen MR) is 147 cm³/mol. The minimum Gasteiger partial charge on any atom is -0.496 e. The van der Waals surface area contributed by atoms with Gasteiger partial charge < -0.3 is 19.5 Å². The van der Waals surface area contributed by atoms with Crippen LogP contribution >= 0.6 is 0 Å². The Morgan fingerprint density at radius 3 is 2.49 bits per heavy atom. The molecule has 0 spiro atoms. The summed E-state index contributed by atoms with van der Waals surface area (Å²) in [5.41, 5.74) is 1.26. The Bertz CT molecular complexity index is 1440. The van der Waals surface area contributed by atoms with E-state index in [2.05, 4.69) is 9.71 Å². The molecule has 9 nitrogen and oxygen atoms in total. The summed E-state index contributed by atoms with van der Waals surface area (Å²) in [6.07, 6.45) is 0.940. The Hall–Kier alpha value is -3.47. The number of para-hydroxylation sites is 1. The maximum atomic E-state index is 13.6. The lowest BCUT2D eigenvalue weighted by Crippen LogP contribution is -2.53. The first-order valence-electron chi connectivity index (χ1n) is 12.9. The van der Waals surface area contributed by atoms with Gasteiger partial charge in [-0.2, -0.15) is 0 Å². The predicted octanol–water partition coefficient (Wildman–Crippen LogP) is 3.87. The number of hydrogen-bond acceptors (Lipinski definition) is 7. The van der Waals surface area contributed by atoms with Gasteiger partial charge in [0.05, 0.1) is 23.6 Å². The van der Waals surface area contributed by atoms with Crippen LogP contribution in [0.5, 0.6) is 11.6 Å². The third-order valence-corrected chi connectivity index (χ3v) is 8.45. The molecule has 2 N–H and O–H groups in total. The standard InChI is InChI=1S/C29H35N3O6S/c1-6-19-12-14-22(15-13-19)39(35,36)31-25-23-16-21(17-30-27(23)38-29(3,4)26(25)33)28(34)32(7-2)18-20-10-8-9-11-24(20)37-5/h8-17,25-26,31,33H,6-7,18H2,1-5H3/t25-,26+/m1/s1. The van der Waals surface area contributed by atoms with Crippen LogP contribution in [-0.4, -0.2) is 54.7 Å². The van der Waals surface area contributed by atoms with Crippen LogP contribution in [0.15, 0.2) is 65.7 Å². The van der Waals surface area contributed by atoms with E-state index < -0.39 is 27.8 Å². The van der Waals surface area contributed by atoms with Crippen molar-refractivity contribution < 1.29 is 27.8 Å². The average molecular weight is 554 g/mol. The molecule has 39 heavy (non-hydrogen) atoms. The fraction of sp³-hybridized carbons (Fsp3) is 0.379. The summed E-state index contributed by atoms with van der Waals surface area (Å²) in [5.74, 6) is 0.533. The average Bonchev–Trinajstić information content (AvgIpc) is 2.93. The fourth-order valence-electron chi connectivity index (χ4n) is 4.59. The molecule has 4 rings (SSSR count). The first kappa shape index (κ1) is 28.5. The van der Waals surface area contributed by atoms with Gasteiger partial charge in [0, 0.05) is 30.4 Å². The zero-order valence-electron chi connectivity index (χ0n) is 22.8. The third-order valence-electron chi connectivity index (χ3n) is 7.00. The van der Waals surface area contributed by atoms with Crippen molar-refractivity contribution in [3.63, 3.8) is 0 Å². The van der Waals surface area contributed by atoms with Crippen molar-refractivity contribution >= 4 is 15.9 Å². The molecule has 2 aromatic carbocycles. The number of nitrogens with one attached hydrogen (secondary N) is 1. The lowest BCUT2D eigenvalue weighted by molar-refractivity contribution is -0.0632. The van der Waals surface area contributed by atoms with E-state index in [4.69, 9.17) is 9.47 Å². The minimum atomic E-state index is -4.02. The molecule has 208 valence electrons. The summed E-state index contributed by atoms with van der Waals surface area (Å²) in [6.45, 7) is 7.90. The van der Waals surface area contributed by atoms with Crippen molar-refractivity contribution in [3.05, 3.63) is 83.0 Å². The number of aliphatic hydroxyl groups excluding tert-OH is 1. The third kappa shape index (κ3) is 5.93. The number of amides is 1. The molecule has 0 fully saturated rings. The second-order valence-corrected chi connectivity index (χ2v) is 11.7. The largest absolute Gasteiger partial charge is 0.496 e. The van der Waals surface area contributed by atoms with Gasteiger partial charge in [-0.05, 0) is 57.0 Å². The van der Waals surface area contributed by atoms with Gasteiger partial charge >= 0.3 is 0 Å². The number of pyridine rings is 1. The molecule has 0 radical (unpaired) electrons. The molecular formula is C29H35N3O6S. The van der Waals surface area contributed by atoms with Crippen LogP contribution in [0, 0.1) is 0 Å². The monoisotopic (exact) mass is 553 g/mol. The maximum absolute atomic E-state index is 13.6. The number of aliphatic hydroxyl groups is 1. The first-order chi connectivity index (χ1) is 18.5. The van der Waals surface area contributed by atoms with E-state index in [1.165, 1.54) is 18.3 Å². The summed E-state index contributed by atoms with van der Waals surface area (Å²) in [4.78, 5) is 19.6. The summed E-state index contributed by atoms with van der Waals surface area (Å²) >= 11 is 0. The van der Waals surface area contributed by atoms with Crippen molar-refractivity contribution in [2.75, 3.05) is 13.7 Å². The van der Waals surface area contributed by atoms with E-state index in [0.717, 1.165) is 17.5 Å². The zero-order chi connectivity index (χ0) is 28.4. The number of aryl methyl sites for hydroxylation is 1. The highest BCUT2D eigenvalue weighted by molar-refractivity contribution is 7.89. The van der Waals surface area contributed by atoms with E-state index >= 15 is 0 Å². The smallest absolute Gasteiger partial charge is 0.255 e. The van der Waals surface area contributed by atoms with Crippen molar-refractivity contribution in [3.8, 4) is 11.6 Å². The molecule has 0 saturated carbocycles. The molecule has 0 aliphatic carbocycles. The maximum Gasteiger partial charge on any atom is 0.255 e. The molecule has 1 aromatic heterocycles. The molecule has 2 heterocycles. The highest BCUT2D eigenvalue weighted by Gasteiger charge is 2.45. The van der Waals surface area contributed by atoms with Gasteiger partial charge in [0.25, 0.3) is 5.91 Å². The molecule has 1 amide bonds. The molecule has 10 heteroatoms. The molecule has 0 unspecified atom stereocenters. The van der Waals surface area contributed by atoms with Crippen molar-refractivity contribution in [2.45, 2.75) is 63.3 Å². The Labute approximate surface area is 229 Å². The number of carbonyl (C=O) groups is 1. The molecule has 0 bridgehead atoms. The summed E-state index contributed by atoms with van der Waals surface area (Å²) < 4.78 is 40.7. The summed E-state index contributed by atoms with van der Waals surface area (Å²) in [5, 5.41) is 11.2. The summed E-state index contributed by atoms with van der Waals surface area (Å²) in [7, 11) is -2.44. The molecule has 2 atom stereocenters. The van der Waals surface area contributed by atoms with Crippen LogP contribution in [0.3, 0.4) is 0 Å². The highest BCUT2D eigenvalue weighted by Crippen LogP contribution is 2.40. The van der Waals surface area contributed by atoms with Crippen LogP contribution in [-0.2, 0) is 23.0 Å². The van der Waals surface area contributed by atoms with Crippen LogP contribution in [0.4, 0.5) is 0 Å². The molecule has 1 aliphatic rings. The van der Waals surface area contributed by atoms with Gasteiger partial charge in [0.2, 0.25) is 15.9 Å². The first-order valence-corrected chi connectivity index (χ1v) is 14.4. The van der Waals surface area contributed by atoms with Crippen LogP contribution in [0.1, 0.15) is 60.8 Å². The van der Waals surface area contributed by atoms with Gasteiger partial charge in [-0.25, -0.2) is 18.1 Å². The van der Waals surface area contributed by atoms with E-state index in [9.17, 15) is 18.3 Å². The number of carbonyl (C=O) groups excluding carboxylic acids is 1. The Morgan fingerprint density at radius 1 is 1.15 bits per heavy atom. The summed E-state index contributed by atoms with van der Waals surface area (Å²) in [6, 6.07) is 14.5. The van der Waals surface area contributed by atoms with E-state index in [0.29, 0.717) is 18.8 Å². The van der Waals surface area contributed by atoms with Crippen molar-refractivity contribution in [1.29, 1.82) is 0 Å². The number of nitrogens with zero attached hydrogens (tertiary/aromatic N) is 2. The van der Waals surface area contributed by atoms with Gasteiger partial charge in [-0.3, -0.25) is 4.79 Å². The van der Waals surface area contributed by atoms with E-state index in [1.807, 2.05) is 38.1 Å². The van der Waals surface area contributed by atoms with Crippen molar-refractivity contribution in [1.82, 2.24) is 14.6 Å². The number of sulfonamides is 1. The quantitative estimate of drug-likeness (QED) is 0.413. The lowest BCUT2D eigenvalue weighted by atomic mass is 9.88. The number of ether oxygens (including phenoxy) is 2. The number of fused-ring (bicyclic) bond motifs is 1. The SMILES string of the molecule is CCc1ccc(S(=O)(=O)N[C@@H]2c3cc(C(=O)N(CC)Cc4ccccc4OC)cnc3OC(C)(C)[C@H]2O)cc1. The number of aromatic nitrogens is 1. The molecule has 0 saturated heterocycles. The number of rotatable bonds is 9. The van der Waals surface area contributed by atoms with Gasteiger partial charge in [0.15, 0.2) is 0 Å². The molecule has 1 aliphatic heterocycles. The van der Waals surface area contributed by atoms with E-state index in [-0.39, 0.29) is 27.8 Å². The second kappa shape index (κ2) is 11.3. The van der Waals surface area contributed by atoms with Crippen molar-refractivity contribution in [2.24, 2.45) is 0 Å². The molecule has 3 aromatic rings. The van der Waals surface area contributed by atoms with Crippen LogP contribution in [0.2, 0.25) is 0 Å². The van der Waals surface area contributed by atoms with Gasteiger partial charge in [-0.15, -0.1) is 0 Å². The number of benzene rings is 2. The Kier molecular flexibility index (Phi) is 8.29. The minimum absolute atomic E-state index is 0.0758.